The lowest BCUT2D eigenvalue weighted by molar-refractivity contribution is 1.04. The molecule has 0 unspecified atom stereocenters. The topological polar surface area (TPSA) is 17.3 Å². The average Bonchev–Trinajstić information content (AvgIpc) is 2.94. The van der Waals surface area contributed by atoms with Crippen LogP contribution in [0, 0.1) is 6.92 Å². The molecule has 0 bridgehead atoms. The summed E-state index contributed by atoms with van der Waals surface area (Å²) < 4.78 is 3.27. The van der Waals surface area contributed by atoms with Crippen molar-refractivity contribution in [3.8, 4) is 0 Å². The fourth-order valence-corrected chi connectivity index (χ4v) is 2.51. The van der Waals surface area contributed by atoms with E-state index in [1.165, 1.54) is 24.1 Å². The van der Waals surface area contributed by atoms with Crippen LogP contribution in [-0.4, -0.2) is 9.38 Å². The Morgan fingerprint density at radius 3 is 2.93 bits per heavy atom. The maximum Gasteiger partial charge on any atom is 0.140 e. The SMILES string of the molecule is Cc1cccn2c(Br)c(C3CC3)nc12. The molecule has 3 rings (SSSR count). The summed E-state index contributed by atoms with van der Waals surface area (Å²) in [6, 6.07) is 4.16. The summed E-state index contributed by atoms with van der Waals surface area (Å²) in [5.74, 6) is 0.698. The summed E-state index contributed by atoms with van der Waals surface area (Å²) in [7, 11) is 0. The lowest BCUT2D eigenvalue weighted by Crippen LogP contribution is -1.85. The van der Waals surface area contributed by atoms with Crippen molar-refractivity contribution in [1.29, 1.82) is 0 Å². The second kappa shape index (κ2) is 2.83. The first-order valence-electron chi connectivity index (χ1n) is 4.90. The molecule has 1 saturated carbocycles. The Labute approximate surface area is 91.1 Å². The zero-order valence-corrected chi connectivity index (χ0v) is 9.58. The third-order valence-corrected chi connectivity index (χ3v) is 3.56. The van der Waals surface area contributed by atoms with Crippen LogP contribution in [0.3, 0.4) is 0 Å². The summed E-state index contributed by atoms with van der Waals surface area (Å²) >= 11 is 3.63. The number of pyridine rings is 1. The number of fused-ring (bicyclic) bond motifs is 1. The van der Waals surface area contributed by atoms with E-state index in [2.05, 4.69) is 50.6 Å². The van der Waals surface area contributed by atoms with E-state index in [9.17, 15) is 0 Å². The maximum atomic E-state index is 4.69. The van der Waals surface area contributed by atoms with Crippen LogP contribution in [0.5, 0.6) is 0 Å². The molecule has 2 heterocycles. The van der Waals surface area contributed by atoms with Gasteiger partial charge in [0.25, 0.3) is 0 Å². The summed E-state index contributed by atoms with van der Waals surface area (Å²) in [6.07, 6.45) is 4.65. The predicted molar refractivity (Wildman–Crippen MR) is 59.6 cm³/mol. The van der Waals surface area contributed by atoms with Gasteiger partial charge in [0.2, 0.25) is 0 Å². The largest absolute Gasteiger partial charge is 0.294 e. The Kier molecular flexibility index (Phi) is 1.71. The van der Waals surface area contributed by atoms with Crippen LogP contribution in [0.25, 0.3) is 5.65 Å². The maximum absolute atomic E-state index is 4.69. The minimum Gasteiger partial charge on any atom is -0.294 e. The van der Waals surface area contributed by atoms with Crippen molar-refractivity contribution in [2.45, 2.75) is 25.7 Å². The van der Waals surface area contributed by atoms with Gasteiger partial charge in [0, 0.05) is 12.1 Å². The highest BCUT2D eigenvalue weighted by Gasteiger charge is 2.29. The van der Waals surface area contributed by atoms with Gasteiger partial charge in [-0.15, -0.1) is 0 Å². The van der Waals surface area contributed by atoms with E-state index in [1.807, 2.05) is 0 Å². The van der Waals surface area contributed by atoms with Crippen molar-refractivity contribution in [3.63, 3.8) is 0 Å². The van der Waals surface area contributed by atoms with Gasteiger partial charge in [-0.3, -0.25) is 4.40 Å². The second-order valence-electron chi connectivity index (χ2n) is 3.95. The third-order valence-electron chi connectivity index (χ3n) is 2.78. The highest BCUT2D eigenvalue weighted by Crippen LogP contribution is 2.43. The molecule has 0 aromatic carbocycles. The Morgan fingerprint density at radius 1 is 1.50 bits per heavy atom. The number of aromatic nitrogens is 2. The Hall–Kier alpha value is -0.830. The fourth-order valence-electron chi connectivity index (χ4n) is 1.81. The Balaban J connectivity index is 2.33. The van der Waals surface area contributed by atoms with E-state index in [-0.39, 0.29) is 0 Å². The van der Waals surface area contributed by atoms with Crippen LogP contribution in [0.2, 0.25) is 0 Å². The molecule has 0 spiro atoms. The van der Waals surface area contributed by atoms with Gasteiger partial charge in [-0.05, 0) is 47.3 Å². The van der Waals surface area contributed by atoms with E-state index in [1.54, 1.807) is 0 Å². The molecule has 3 heteroatoms. The van der Waals surface area contributed by atoms with Gasteiger partial charge in [0.15, 0.2) is 0 Å². The standard InChI is InChI=1S/C11H11BrN2/c1-7-3-2-6-14-10(12)9(8-4-5-8)13-11(7)14/h2-3,6,8H,4-5H2,1H3. The second-order valence-corrected chi connectivity index (χ2v) is 4.70. The van der Waals surface area contributed by atoms with Crippen LogP contribution in [0.4, 0.5) is 0 Å². The number of rotatable bonds is 1. The fraction of sp³-hybridized carbons (Fsp3) is 0.364. The van der Waals surface area contributed by atoms with E-state index >= 15 is 0 Å². The van der Waals surface area contributed by atoms with Gasteiger partial charge in [0.05, 0.1) is 5.69 Å². The first kappa shape index (κ1) is 8.48. The summed E-state index contributed by atoms with van der Waals surface area (Å²) in [6.45, 7) is 2.10. The summed E-state index contributed by atoms with van der Waals surface area (Å²) in [5, 5.41) is 0. The average molecular weight is 251 g/mol. The number of hydrogen-bond donors (Lipinski definition) is 0. The predicted octanol–water partition coefficient (Wildman–Crippen LogP) is 3.28. The molecule has 2 aromatic heterocycles. The van der Waals surface area contributed by atoms with E-state index < -0.39 is 0 Å². The van der Waals surface area contributed by atoms with Crippen LogP contribution in [0.15, 0.2) is 22.9 Å². The van der Waals surface area contributed by atoms with Crippen molar-refractivity contribution < 1.29 is 0 Å². The Morgan fingerprint density at radius 2 is 2.29 bits per heavy atom. The molecule has 1 aliphatic rings. The molecule has 0 aliphatic heterocycles. The van der Waals surface area contributed by atoms with Gasteiger partial charge in [-0.2, -0.15) is 0 Å². The molecule has 1 aliphatic carbocycles. The first-order chi connectivity index (χ1) is 6.77. The van der Waals surface area contributed by atoms with Crippen LogP contribution in [-0.2, 0) is 0 Å². The molecule has 0 atom stereocenters. The molecule has 0 radical (unpaired) electrons. The quantitative estimate of drug-likeness (QED) is 0.760. The van der Waals surface area contributed by atoms with Gasteiger partial charge in [-0.25, -0.2) is 4.98 Å². The zero-order valence-electron chi connectivity index (χ0n) is 8.00. The minimum absolute atomic E-state index is 0.698. The first-order valence-corrected chi connectivity index (χ1v) is 5.70. The van der Waals surface area contributed by atoms with Crippen molar-refractivity contribution in [2.75, 3.05) is 0 Å². The molecule has 14 heavy (non-hydrogen) atoms. The number of nitrogens with zero attached hydrogens (tertiary/aromatic N) is 2. The van der Waals surface area contributed by atoms with Gasteiger partial charge in [0.1, 0.15) is 10.3 Å². The Bertz CT molecular complexity index is 497. The number of aryl methyl sites for hydroxylation is 1. The molecular weight excluding hydrogens is 240 g/mol. The van der Waals surface area contributed by atoms with Gasteiger partial charge < -0.3 is 0 Å². The van der Waals surface area contributed by atoms with Crippen LogP contribution < -0.4 is 0 Å². The molecular formula is C11H11BrN2. The normalized spacial score (nSPS) is 16.4. The molecule has 0 amide bonds. The molecule has 2 nitrogen and oxygen atoms in total. The minimum atomic E-state index is 0.698. The van der Waals surface area contributed by atoms with Gasteiger partial charge >= 0.3 is 0 Å². The summed E-state index contributed by atoms with van der Waals surface area (Å²) in [5.41, 5.74) is 3.56. The highest BCUT2D eigenvalue weighted by atomic mass is 79.9. The molecule has 0 saturated heterocycles. The van der Waals surface area contributed by atoms with E-state index in [0.29, 0.717) is 5.92 Å². The molecule has 1 fully saturated rings. The lowest BCUT2D eigenvalue weighted by Gasteiger charge is -1.96. The smallest absolute Gasteiger partial charge is 0.140 e. The zero-order chi connectivity index (χ0) is 9.71. The summed E-state index contributed by atoms with van der Waals surface area (Å²) in [4.78, 5) is 4.69. The molecule has 72 valence electrons. The van der Waals surface area contributed by atoms with Gasteiger partial charge in [-0.1, -0.05) is 6.07 Å². The number of hydrogen-bond acceptors (Lipinski definition) is 1. The molecule has 2 aromatic rings. The van der Waals surface area contributed by atoms with Crippen molar-refractivity contribution >= 4 is 21.6 Å². The van der Waals surface area contributed by atoms with Crippen molar-refractivity contribution in [3.05, 3.63) is 34.2 Å². The third kappa shape index (κ3) is 1.12. The monoisotopic (exact) mass is 250 g/mol. The van der Waals surface area contributed by atoms with Crippen LogP contribution in [0.1, 0.15) is 30.0 Å². The molecule has 0 N–H and O–H groups in total. The van der Waals surface area contributed by atoms with Crippen molar-refractivity contribution in [2.24, 2.45) is 0 Å². The lowest BCUT2D eigenvalue weighted by atomic mass is 10.3. The van der Waals surface area contributed by atoms with Crippen LogP contribution >= 0.6 is 15.9 Å². The van der Waals surface area contributed by atoms with Crippen molar-refractivity contribution in [1.82, 2.24) is 9.38 Å². The highest BCUT2D eigenvalue weighted by molar-refractivity contribution is 9.10. The number of imidazole rings is 1. The van der Waals surface area contributed by atoms with E-state index in [0.717, 1.165) is 10.3 Å². The van der Waals surface area contributed by atoms with E-state index in [4.69, 9.17) is 0 Å². The number of halogens is 1.